The summed E-state index contributed by atoms with van der Waals surface area (Å²) in [4.78, 5) is 27.9. The van der Waals surface area contributed by atoms with Gasteiger partial charge in [0.2, 0.25) is 11.7 Å². The number of carbonyl (C=O) groups is 2. The molecular weight excluding hydrogens is 356 g/mol. The van der Waals surface area contributed by atoms with Crippen LogP contribution < -0.4 is 5.32 Å². The van der Waals surface area contributed by atoms with E-state index in [1.54, 1.807) is 0 Å². The van der Waals surface area contributed by atoms with E-state index in [4.69, 9.17) is 9.26 Å². The van der Waals surface area contributed by atoms with Gasteiger partial charge in [0.05, 0.1) is 12.5 Å². The fraction of sp³-hybridized carbons (Fsp3) is 0.471. The van der Waals surface area contributed by atoms with E-state index in [1.807, 2.05) is 16.8 Å². The molecule has 136 valence electrons. The van der Waals surface area contributed by atoms with Crippen LogP contribution in [0.4, 0.5) is 0 Å². The van der Waals surface area contributed by atoms with Gasteiger partial charge in [-0.3, -0.25) is 9.59 Å². The number of aromatic nitrogens is 2. The Morgan fingerprint density at radius 1 is 1.42 bits per heavy atom. The van der Waals surface area contributed by atoms with Crippen LogP contribution in [0.1, 0.15) is 38.0 Å². The zero-order valence-corrected chi connectivity index (χ0v) is 14.9. The summed E-state index contributed by atoms with van der Waals surface area (Å²) < 4.78 is 10.1. The van der Waals surface area contributed by atoms with Gasteiger partial charge in [-0.2, -0.15) is 21.6 Å². The monoisotopic (exact) mass is 374 g/mol. The average molecular weight is 374 g/mol. The molecule has 0 spiro atoms. The highest BCUT2D eigenvalue weighted by Gasteiger charge is 2.35. The van der Waals surface area contributed by atoms with Crippen LogP contribution in [0.5, 0.6) is 0 Å². The highest BCUT2D eigenvalue weighted by atomic mass is 32.1. The molecule has 0 bridgehead atoms. The molecule has 1 aliphatic rings. The first-order valence-electron chi connectivity index (χ1n) is 8.33. The van der Waals surface area contributed by atoms with Crippen molar-refractivity contribution in [1.82, 2.24) is 15.5 Å². The van der Waals surface area contributed by atoms with E-state index in [2.05, 4.69) is 21.5 Å². The Balaban J connectivity index is 1.40. The molecule has 1 saturated carbocycles. The summed E-state index contributed by atoms with van der Waals surface area (Å²) >= 11 is 1.53. The third-order valence-electron chi connectivity index (χ3n) is 4.20. The van der Waals surface area contributed by atoms with Crippen LogP contribution in [-0.2, 0) is 20.7 Å². The Kier molecular flexibility index (Phi) is 5.63. The van der Waals surface area contributed by atoms with Crippen molar-refractivity contribution in [2.45, 2.75) is 44.1 Å². The van der Waals surface area contributed by atoms with Gasteiger partial charge in [-0.1, -0.05) is 5.16 Å². The molecule has 2 aromatic rings. The predicted molar refractivity (Wildman–Crippen MR) is 91.8 cm³/mol. The molecule has 0 aliphatic heterocycles. The zero-order chi connectivity index (χ0) is 18.4. The summed E-state index contributed by atoms with van der Waals surface area (Å²) in [5, 5.41) is 19.6. The van der Waals surface area contributed by atoms with E-state index in [9.17, 15) is 14.9 Å². The van der Waals surface area contributed by atoms with Crippen LogP contribution in [0, 0.1) is 11.3 Å². The van der Waals surface area contributed by atoms with Crippen molar-refractivity contribution in [3.63, 3.8) is 0 Å². The Labute approximate surface area is 154 Å². The summed E-state index contributed by atoms with van der Waals surface area (Å²) in [6.45, 7) is -0.397. The summed E-state index contributed by atoms with van der Waals surface area (Å²) in [6.07, 6.45) is 3.34. The summed E-state index contributed by atoms with van der Waals surface area (Å²) in [5.74, 6) is -0.179. The molecule has 8 nitrogen and oxygen atoms in total. The maximum atomic E-state index is 11.9. The van der Waals surface area contributed by atoms with Gasteiger partial charge in [-0.05, 0) is 37.1 Å². The second-order valence-electron chi connectivity index (χ2n) is 6.13. The minimum atomic E-state index is -0.814. The third-order valence-corrected chi connectivity index (χ3v) is 4.89. The van der Waals surface area contributed by atoms with Crippen molar-refractivity contribution in [2.75, 3.05) is 6.61 Å². The Morgan fingerprint density at radius 3 is 2.92 bits per heavy atom. The number of hydrogen-bond acceptors (Lipinski definition) is 8. The van der Waals surface area contributed by atoms with Crippen LogP contribution in [0.25, 0.3) is 11.4 Å². The van der Waals surface area contributed by atoms with Crippen LogP contribution in [0.3, 0.4) is 0 Å². The fourth-order valence-corrected chi connectivity index (χ4v) is 3.47. The second-order valence-corrected chi connectivity index (χ2v) is 6.91. The molecule has 26 heavy (non-hydrogen) atoms. The van der Waals surface area contributed by atoms with Crippen molar-refractivity contribution >= 4 is 23.2 Å². The summed E-state index contributed by atoms with van der Waals surface area (Å²) in [7, 11) is 0. The van der Waals surface area contributed by atoms with Gasteiger partial charge in [-0.25, -0.2) is 0 Å². The Hall–Kier alpha value is -2.73. The quantitative estimate of drug-likeness (QED) is 0.738. The minimum Gasteiger partial charge on any atom is -0.456 e. The zero-order valence-electron chi connectivity index (χ0n) is 14.1. The van der Waals surface area contributed by atoms with Crippen LogP contribution >= 0.6 is 11.3 Å². The molecule has 1 aliphatic carbocycles. The first-order valence-corrected chi connectivity index (χ1v) is 9.27. The third kappa shape index (κ3) is 4.46. The molecule has 0 radical (unpaired) electrons. The van der Waals surface area contributed by atoms with Gasteiger partial charge in [0.25, 0.3) is 5.91 Å². The first kappa shape index (κ1) is 18.1. The molecule has 3 rings (SSSR count). The van der Waals surface area contributed by atoms with E-state index in [0.717, 1.165) is 18.4 Å². The first-order chi connectivity index (χ1) is 12.6. The topological polar surface area (TPSA) is 118 Å². The standard InChI is InChI=1S/C17H18N4O4S/c18-11-17(6-1-2-7-17)20-13(22)9-24-15(23)4-3-14-19-16(21-25-14)12-5-8-26-10-12/h5,8,10H,1-4,6-7,9H2,(H,20,22). The molecule has 1 amide bonds. The smallest absolute Gasteiger partial charge is 0.306 e. The normalized spacial score (nSPS) is 15.3. The predicted octanol–water partition coefficient (Wildman–Crippen LogP) is 2.23. The number of hydrogen-bond donors (Lipinski definition) is 1. The van der Waals surface area contributed by atoms with Gasteiger partial charge in [0.1, 0.15) is 5.54 Å². The lowest BCUT2D eigenvalue weighted by atomic mass is 10.00. The maximum Gasteiger partial charge on any atom is 0.306 e. The largest absolute Gasteiger partial charge is 0.456 e. The van der Waals surface area contributed by atoms with Gasteiger partial charge in [-0.15, -0.1) is 0 Å². The number of thiophene rings is 1. The lowest BCUT2D eigenvalue weighted by molar-refractivity contribution is -0.149. The molecule has 0 unspecified atom stereocenters. The van der Waals surface area contributed by atoms with Crippen molar-refractivity contribution in [3.05, 3.63) is 22.7 Å². The number of nitrogens with one attached hydrogen (secondary N) is 1. The number of rotatable bonds is 7. The van der Waals surface area contributed by atoms with E-state index in [1.165, 1.54) is 11.3 Å². The van der Waals surface area contributed by atoms with Crippen molar-refractivity contribution < 1.29 is 18.8 Å². The number of aryl methyl sites for hydroxylation is 1. The van der Waals surface area contributed by atoms with Gasteiger partial charge >= 0.3 is 5.97 Å². The van der Waals surface area contributed by atoms with Gasteiger partial charge < -0.3 is 14.6 Å². The lowest BCUT2D eigenvalue weighted by Crippen LogP contribution is -2.46. The Bertz CT molecular complexity index is 803. The molecule has 2 aromatic heterocycles. The molecule has 9 heteroatoms. The number of esters is 1. The summed E-state index contributed by atoms with van der Waals surface area (Å²) in [6, 6.07) is 4.04. The van der Waals surface area contributed by atoms with Crippen LogP contribution in [-0.4, -0.2) is 34.2 Å². The maximum absolute atomic E-state index is 11.9. The molecule has 0 atom stereocenters. The van der Waals surface area contributed by atoms with Gasteiger partial charge in [0, 0.05) is 17.4 Å². The van der Waals surface area contributed by atoms with E-state index in [0.29, 0.717) is 24.6 Å². The number of nitriles is 1. The minimum absolute atomic E-state index is 0.0297. The highest BCUT2D eigenvalue weighted by molar-refractivity contribution is 7.08. The van der Waals surface area contributed by atoms with E-state index in [-0.39, 0.29) is 12.8 Å². The molecule has 0 saturated heterocycles. The van der Waals surface area contributed by atoms with E-state index < -0.39 is 24.0 Å². The highest BCUT2D eigenvalue weighted by Crippen LogP contribution is 2.28. The number of ether oxygens (including phenoxy) is 1. The fourth-order valence-electron chi connectivity index (χ4n) is 2.84. The lowest BCUT2D eigenvalue weighted by Gasteiger charge is -2.21. The number of amides is 1. The van der Waals surface area contributed by atoms with Crippen molar-refractivity contribution in [2.24, 2.45) is 0 Å². The molecule has 1 fully saturated rings. The number of nitrogens with zero attached hydrogens (tertiary/aromatic N) is 3. The molecule has 1 N–H and O–H groups in total. The summed E-state index contributed by atoms with van der Waals surface area (Å²) in [5.41, 5.74) is 0.0493. The van der Waals surface area contributed by atoms with E-state index >= 15 is 0 Å². The molecule has 0 aromatic carbocycles. The average Bonchev–Trinajstić information content (AvgIpc) is 3.39. The van der Waals surface area contributed by atoms with Crippen LogP contribution in [0.15, 0.2) is 21.3 Å². The van der Waals surface area contributed by atoms with Crippen molar-refractivity contribution in [1.29, 1.82) is 5.26 Å². The van der Waals surface area contributed by atoms with Crippen LogP contribution in [0.2, 0.25) is 0 Å². The SMILES string of the molecule is N#CC1(NC(=O)COC(=O)CCc2nc(-c3ccsc3)no2)CCCC1. The molecular formula is C17H18N4O4S. The second kappa shape index (κ2) is 8.10. The Morgan fingerprint density at radius 2 is 2.23 bits per heavy atom. The van der Waals surface area contributed by atoms with Crippen molar-refractivity contribution in [3.8, 4) is 17.5 Å². The molecule has 2 heterocycles. The van der Waals surface area contributed by atoms with Gasteiger partial charge in [0.15, 0.2) is 6.61 Å². The number of carbonyl (C=O) groups excluding carboxylic acids is 2.